The summed E-state index contributed by atoms with van der Waals surface area (Å²) in [4.78, 5) is 20.8. The van der Waals surface area contributed by atoms with Crippen molar-refractivity contribution in [3.63, 3.8) is 0 Å². The summed E-state index contributed by atoms with van der Waals surface area (Å²) in [5.74, 6) is -1.29. The summed E-state index contributed by atoms with van der Waals surface area (Å²) in [6.45, 7) is 0. The van der Waals surface area contributed by atoms with E-state index in [2.05, 4.69) is 29.9 Å². The molecule has 0 saturated heterocycles. The number of rotatable bonds is 4. The molecule has 0 amide bonds. The fourth-order valence-electron chi connectivity index (χ4n) is 2.22. The van der Waals surface area contributed by atoms with Crippen LogP contribution in [0.15, 0.2) is 61.2 Å². The molecule has 0 N–H and O–H groups in total. The molecule has 0 atom stereocenters. The van der Waals surface area contributed by atoms with Gasteiger partial charge in [0, 0.05) is 36.9 Å². The van der Waals surface area contributed by atoms with Gasteiger partial charge in [0.25, 0.3) is 0 Å². The van der Waals surface area contributed by atoms with Gasteiger partial charge in [0.05, 0.1) is 22.2 Å². The van der Waals surface area contributed by atoms with Crippen molar-refractivity contribution in [2.45, 2.75) is 0 Å². The Morgan fingerprint density at radius 1 is 0.711 bits per heavy atom. The first-order valence-electron chi connectivity index (χ1n) is 9.68. The summed E-state index contributed by atoms with van der Waals surface area (Å²) in [5.41, 5.74) is -0.555. The van der Waals surface area contributed by atoms with Crippen LogP contribution in [0, 0.1) is 22.4 Å². The largest absolute Gasteiger partial charge is 0.867 e. The highest BCUT2D eigenvalue weighted by atomic mass is 35.5. The van der Waals surface area contributed by atoms with Crippen molar-refractivity contribution in [3.8, 4) is 23.5 Å². The molecule has 18 heteroatoms. The summed E-state index contributed by atoms with van der Waals surface area (Å²) >= 11 is 11.5. The van der Waals surface area contributed by atoms with Crippen molar-refractivity contribution in [3.05, 3.63) is 92.8 Å². The molecule has 2 aromatic heterocycles. The summed E-state index contributed by atoms with van der Waals surface area (Å²) in [5, 5.41) is 33.8. The Balaban J connectivity index is 0.000000234. The molecular weight excluding hydrogens is 555 g/mol. The topological polar surface area (TPSA) is 172 Å². The molecule has 192 valence electrons. The van der Waals surface area contributed by atoms with Crippen molar-refractivity contribution in [2.75, 3.05) is 0 Å². The van der Waals surface area contributed by atoms with Crippen LogP contribution in [0.4, 0.5) is 24.5 Å². The van der Waals surface area contributed by atoms with E-state index in [4.69, 9.17) is 53.5 Å². The molecule has 0 aliphatic heterocycles. The van der Waals surface area contributed by atoms with Gasteiger partial charge in [0.1, 0.15) is 7.40 Å². The van der Waals surface area contributed by atoms with Crippen LogP contribution < -0.4 is 19.5 Å². The minimum atomic E-state index is -3.17. The van der Waals surface area contributed by atoms with Gasteiger partial charge in [0.15, 0.2) is 21.5 Å². The van der Waals surface area contributed by atoms with Crippen LogP contribution in [0.3, 0.4) is 0 Å². The van der Waals surface area contributed by atoms with Gasteiger partial charge in [0.2, 0.25) is 22.4 Å². The molecule has 0 aliphatic rings. The van der Waals surface area contributed by atoms with Gasteiger partial charge in [-0.25, -0.2) is 19.9 Å². The van der Waals surface area contributed by atoms with Gasteiger partial charge in [-0.3, -0.25) is 0 Å². The Morgan fingerprint density at radius 2 is 1.03 bits per heavy atom. The Labute approximate surface area is 221 Å². The van der Waals surface area contributed by atoms with Gasteiger partial charge >= 0.3 is 23.4 Å². The number of aromatic nitrogens is 4. The van der Waals surface area contributed by atoms with Crippen LogP contribution in [-0.2, 0) is 0 Å². The van der Waals surface area contributed by atoms with E-state index in [0.29, 0.717) is 0 Å². The third-order valence-corrected chi connectivity index (χ3v) is 4.30. The molecular formula is C20H10BCl2F3N8O4. The SMILES string of the molecule is N#[N+]c1cc(Oc2ncccn2)c(Cl)cc1F.N#[N+]c1cc(Oc2ncccn2)c(Cl)cc1F.[O-]B([O-])F. The summed E-state index contributed by atoms with van der Waals surface area (Å²) < 4.78 is 46.6. The number of benzene rings is 2. The Hall–Kier alpha value is -4.61. The molecule has 2 heterocycles. The normalized spacial score (nSPS) is 9.39. The second kappa shape index (κ2) is 14.8. The first-order chi connectivity index (χ1) is 18.1. The minimum Gasteiger partial charge on any atom is -0.867 e. The third-order valence-electron chi connectivity index (χ3n) is 3.70. The van der Waals surface area contributed by atoms with Gasteiger partial charge in [-0.1, -0.05) is 23.2 Å². The molecule has 38 heavy (non-hydrogen) atoms. The highest BCUT2D eigenvalue weighted by molar-refractivity contribution is 6.32. The minimum absolute atomic E-state index is 0.0300. The Morgan fingerprint density at radius 3 is 1.32 bits per heavy atom. The molecule has 0 fully saturated rings. The quantitative estimate of drug-likeness (QED) is 0.248. The number of halogens is 5. The van der Waals surface area contributed by atoms with E-state index in [9.17, 15) is 13.1 Å². The summed E-state index contributed by atoms with van der Waals surface area (Å²) in [7, 11) is -3.17. The maximum atomic E-state index is 13.1. The van der Waals surface area contributed by atoms with E-state index < -0.39 is 19.0 Å². The number of diazo groups is 2. The van der Waals surface area contributed by atoms with E-state index >= 15 is 0 Å². The molecule has 0 aliphatic carbocycles. The van der Waals surface area contributed by atoms with Gasteiger partial charge in [-0.05, 0) is 12.1 Å². The summed E-state index contributed by atoms with van der Waals surface area (Å²) in [6.07, 6.45) is 5.93. The molecule has 0 spiro atoms. The number of ether oxygens (including phenoxy) is 2. The van der Waals surface area contributed by atoms with Crippen molar-refractivity contribution in [1.29, 1.82) is 10.8 Å². The van der Waals surface area contributed by atoms with E-state index in [1.165, 1.54) is 24.8 Å². The van der Waals surface area contributed by atoms with Gasteiger partial charge in [-0.15, -0.1) is 0 Å². The monoisotopic (exact) mass is 564 g/mol. The number of hydrogen-bond acceptors (Lipinski definition) is 10. The van der Waals surface area contributed by atoms with Crippen molar-refractivity contribution < 1.29 is 32.6 Å². The van der Waals surface area contributed by atoms with E-state index in [-0.39, 0.29) is 44.9 Å². The van der Waals surface area contributed by atoms with E-state index in [1.807, 2.05) is 0 Å². The van der Waals surface area contributed by atoms with E-state index in [1.54, 1.807) is 12.1 Å². The van der Waals surface area contributed by atoms with Crippen LogP contribution in [0.25, 0.3) is 9.95 Å². The predicted molar refractivity (Wildman–Crippen MR) is 123 cm³/mol. The maximum absolute atomic E-state index is 13.1. The average Bonchev–Trinajstić information content (AvgIpc) is 2.88. The molecule has 0 radical (unpaired) electrons. The number of nitrogens with zero attached hydrogens (tertiary/aromatic N) is 8. The second-order valence-corrected chi connectivity index (χ2v) is 7.02. The van der Waals surface area contributed by atoms with Crippen molar-refractivity contribution in [1.82, 2.24) is 19.9 Å². The van der Waals surface area contributed by atoms with Gasteiger partial charge in [-0.2, -0.15) is 8.78 Å². The van der Waals surface area contributed by atoms with Crippen LogP contribution in [0.2, 0.25) is 10.0 Å². The van der Waals surface area contributed by atoms with Crippen LogP contribution >= 0.6 is 23.2 Å². The van der Waals surface area contributed by atoms with E-state index in [0.717, 1.165) is 24.3 Å². The molecule has 0 bridgehead atoms. The second-order valence-electron chi connectivity index (χ2n) is 6.21. The third kappa shape index (κ3) is 9.45. The lowest BCUT2D eigenvalue weighted by molar-refractivity contribution is -0.366. The van der Waals surface area contributed by atoms with Crippen molar-refractivity contribution in [2.24, 2.45) is 0 Å². The first-order valence-corrected chi connectivity index (χ1v) is 10.4. The average molecular weight is 565 g/mol. The first kappa shape index (κ1) is 29.6. The lowest BCUT2D eigenvalue weighted by Gasteiger charge is -2.09. The predicted octanol–water partition coefficient (Wildman–Crippen LogP) is 4.75. The highest BCUT2D eigenvalue weighted by Crippen LogP contribution is 2.35. The molecule has 0 saturated carbocycles. The Bertz CT molecular complexity index is 1340. The van der Waals surface area contributed by atoms with Crippen LogP contribution in [0.1, 0.15) is 0 Å². The lowest BCUT2D eigenvalue weighted by Crippen LogP contribution is -2.39. The van der Waals surface area contributed by atoms with Crippen LogP contribution in [0.5, 0.6) is 23.5 Å². The van der Waals surface area contributed by atoms with Gasteiger partial charge < -0.3 is 23.8 Å². The maximum Gasteiger partial charge on any atom is 0.424 e. The lowest BCUT2D eigenvalue weighted by atomic mass is 10.3. The molecule has 12 nitrogen and oxygen atoms in total. The molecule has 4 rings (SSSR count). The zero-order valence-electron chi connectivity index (χ0n) is 18.5. The van der Waals surface area contributed by atoms with Crippen molar-refractivity contribution >= 4 is 42.0 Å². The highest BCUT2D eigenvalue weighted by Gasteiger charge is 2.20. The fraction of sp³-hybridized carbons (Fsp3) is 0. The summed E-state index contributed by atoms with van der Waals surface area (Å²) in [6, 6.07) is 7.61. The molecule has 0 unspecified atom stereocenters. The zero-order chi connectivity index (χ0) is 28.1. The Kier molecular flexibility index (Phi) is 11.6. The fourth-order valence-corrected chi connectivity index (χ4v) is 2.60. The van der Waals surface area contributed by atoms with Crippen LogP contribution in [-0.4, -0.2) is 27.3 Å². The smallest absolute Gasteiger partial charge is 0.424 e. The molecule has 4 aromatic rings. The standard InChI is InChI=1S/2C10H5ClFN4O.BFO2/c2*11-6-4-7(12)8(16-13)5-9(6)17-10-14-2-1-3-15-10;2-1(3)4/h2*1-5H;/q2*+1;-2. The zero-order valence-corrected chi connectivity index (χ0v) is 20.0. The number of hydrogen-bond donors (Lipinski definition) is 0. The molecule has 2 aromatic carbocycles.